The first-order valence-corrected chi connectivity index (χ1v) is 10.5. The molecule has 0 radical (unpaired) electrons. The number of hydrogen-bond donors (Lipinski definition) is 2. The number of anilines is 1. The highest BCUT2D eigenvalue weighted by Crippen LogP contribution is 2.34. The fourth-order valence-corrected chi connectivity index (χ4v) is 5.41. The maximum Gasteiger partial charge on any atom is 0.273 e. The Balaban J connectivity index is 2.01. The van der Waals surface area contributed by atoms with E-state index in [-0.39, 0.29) is 45.8 Å². The number of rotatable bonds is 6. The van der Waals surface area contributed by atoms with Crippen molar-refractivity contribution in [2.75, 3.05) is 18.5 Å². The van der Waals surface area contributed by atoms with Gasteiger partial charge in [0.15, 0.2) is 0 Å². The summed E-state index contributed by atoms with van der Waals surface area (Å²) in [4.78, 5) is 12.6. The number of carbonyl (C=O) groups is 1. The third-order valence-electron chi connectivity index (χ3n) is 4.58. The molecule has 2 heterocycles. The van der Waals surface area contributed by atoms with Gasteiger partial charge in [0.2, 0.25) is 10.0 Å². The predicted octanol–water partition coefficient (Wildman–Crippen LogP) is 2.65. The Morgan fingerprint density at radius 2 is 2.13 bits per heavy atom. The highest BCUT2D eigenvalue weighted by atomic mass is 35.5. The lowest BCUT2D eigenvalue weighted by Gasteiger charge is -2.38. The molecule has 3 rings (SSSR count). The number of carbonyl (C=O) groups excluding carboxylic acids is 1. The van der Waals surface area contributed by atoms with E-state index >= 15 is 0 Å². The molecule has 8 nitrogen and oxygen atoms in total. The number of nitriles is 1. The zero-order valence-electron chi connectivity index (χ0n) is 16.1. The van der Waals surface area contributed by atoms with E-state index in [1.54, 1.807) is 13.0 Å². The molecule has 1 aliphatic heterocycles. The first-order valence-electron chi connectivity index (χ1n) is 8.66. The van der Waals surface area contributed by atoms with Crippen LogP contribution >= 0.6 is 11.6 Å². The quantitative estimate of drug-likeness (QED) is 0.699. The Morgan fingerprint density at radius 3 is 2.67 bits per heavy atom. The van der Waals surface area contributed by atoms with E-state index < -0.39 is 27.3 Å². The molecule has 2 N–H and O–H groups in total. The largest absolute Gasteiger partial charge is 0.377 e. The van der Waals surface area contributed by atoms with Crippen LogP contribution in [0.3, 0.4) is 0 Å². The molecular weight excluding hydrogens is 435 g/mol. The fourth-order valence-electron chi connectivity index (χ4n) is 3.10. The average Bonchev–Trinajstić information content (AvgIpc) is 2.92. The van der Waals surface area contributed by atoms with Gasteiger partial charge in [0.25, 0.3) is 5.91 Å². The van der Waals surface area contributed by atoms with Crippen LogP contribution in [0.2, 0.25) is 5.02 Å². The molecule has 0 bridgehead atoms. The zero-order valence-corrected chi connectivity index (χ0v) is 17.7. The van der Waals surface area contributed by atoms with Gasteiger partial charge < -0.3 is 14.6 Å². The number of nitrogens with zero attached hydrogens (tertiary/aromatic N) is 2. The van der Waals surface area contributed by atoms with Crippen molar-refractivity contribution in [3.05, 3.63) is 52.6 Å². The van der Waals surface area contributed by atoms with Gasteiger partial charge in [0.1, 0.15) is 22.5 Å². The molecule has 1 amide bonds. The van der Waals surface area contributed by atoms with E-state index in [1.807, 2.05) is 0 Å². The predicted molar refractivity (Wildman–Crippen MR) is 109 cm³/mol. The maximum atomic E-state index is 13.5. The third kappa shape index (κ3) is 3.85. The average molecular weight is 453 g/mol. The normalized spacial score (nSPS) is 15.2. The van der Waals surface area contributed by atoms with Crippen molar-refractivity contribution in [2.45, 2.75) is 17.4 Å². The Bertz CT molecular complexity index is 1200. The summed E-state index contributed by atoms with van der Waals surface area (Å²) in [5.74, 6) is -1.46. The molecule has 30 heavy (non-hydrogen) atoms. The molecule has 0 aliphatic carbocycles. The van der Waals surface area contributed by atoms with Crippen LogP contribution in [0.4, 0.5) is 10.1 Å². The van der Waals surface area contributed by atoms with Gasteiger partial charge in [-0.1, -0.05) is 18.2 Å². The molecule has 11 heteroatoms. The van der Waals surface area contributed by atoms with Crippen LogP contribution < -0.4 is 10.0 Å². The highest BCUT2D eigenvalue weighted by Gasteiger charge is 2.40. The Labute approximate surface area is 177 Å². The van der Waals surface area contributed by atoms with Crippen LogP contribution in [0, 0.1) is 17.1 Å². The summed E-state index contributed by atoms with van der Waals surface area (Å²) in [6.07, 6.45) is 1.28. The van der Waals surface area contributed by atoms with E-state index in [2.05, 4.69) is 16.6 Å². The van der Waals surface area contributed by atoms with Gasteiger partial charge in [-0.3, -0.25) is 4.79 Å². The topological polar surface area (TPSA) is 113 Å². The molecule has 2 aromatic rings. The molecule has 158 valence electrons. The summed E-state index contributed by atoms with van der Waals surface area (Å²) in [5.41, 5.74) is -0.887. The van der Waals surface area contributed by atoms with Crippen LogP contribution in [0.15, 0.2) is 29.7 Å². The fraction of sp³-hybridized carbons (Fsp3) is 0.263. The SMILES string of the molecule is C=Cc1c(S(=O)(=O)NC2(C)COC2)c(Cl)c(C(=O)Nc2ccc(F)c(C#N)c2)n1C. The summed E-state index contributed by atoms with van der Waals surface area (Å²) < 4.78 is 48.4. The molecule has 0 unspecified atom stereocenters. The van der Waals surface area contributed by atoms with Crippen molar-refractivity contribution in [1.82, 2.24) is 9.29 Å². The van der Waals surface area contributed by atoms with Crippen molar-refractivity contribution < 1.29 is 22.3 Å². The second-order valence-corrected chi connectivity index (χ2v) is 9.06. The molecular formula is C19H18ClFN4O4S. The second kappa shape index (κ2) is 7.85. The van der Waals surface area contributed by atoms with Crippen molar-refractivity contribution in [3.8, 4) is 6.07 Å². The van der Waals surface area contributed by atoms with E-state index in [9.17, 15) is 17.6 Å². The molecule has 1 aromatic heterocycles. The number of ether oxygens (including phenoxy) is 1. The molecule has 1 saturated heterocycles. The monoisotopic (exact) mass is 452 g/mol. The summed E-state index contributed by atoms with van der Waals surface area (Å²) in [7, 11) is -2.63. The van der Waals surface area contributed by atoms with E-state index in [0.717, 1.165) is 12.1 Å². The van der Waals surface area contributed by atoms with Gasteiger partial charge in [0.05, 0.1) is 35.0 Å². The maximum absolute atomic E-state index is 13.5. The number of hydrogen-bond acceptors (Lipinski definition) is 5. The van der Waals surface area contributed by atoms with Crippen LogP contribution in [-0.4, -0.2) is 37.6 Å². The molecule has 1 aliphatic rings. The zero-order chi connectivity index (χ0) is 22.3. The van der Waals surface area contributed by atoms with Crippen LogP contribution in [-0.2, 0) is 21.8 Å². The molecule has 1 aromatic carbocycles. The summed E-state index contributed by atoms with van der Waals surface area (Å²) in [6.45, 7) is 5.72. The second-order valence-electron chi connectivity index (χ2n) is 7.06. The van der Waals surface area contributed by atoms with E-state index in [4.69, 9.17) is 21.6 Å². The summed E-state index contributed by atoms with van der Waals surface area (Å²) >= 11 is 6.34. The van der Waals surface area contributed by atoms with Crippen molar-refractivity contribution in [3.63, 3.8) is 0 Å². The van der Waals surface area contributed by atoms with Gasteiger partial charge in [0, 0.05) is 12.7 Å². The number of amides is 1. The molecule has 0 atom stereocenters. The number of sulfonamides is 1. The van der Waals surface area contributed by atoms with Gasteiger partial charge in [-0.15, -0.1) is 0 Å². The molecule has 0 spiro atoms. The van der Waals surface area contributed by atoms with Crippen LogP contribution in [0.5, 0.6) is 0 Å². The van der Waals surface area contributed by atoms with Gasteiger partial charge in [-0.05, 0) is 31.2 Å². The van der Waals surface area contributed by atoms with Crippen molar-refractivity contribution in [1.29, 1.82) is 5.26 Å². The van der Waals surface area contributed by atoms with Gasteiger partial charge in [-0.2, -0.15) is 5.26 Å². The Kier molecular flexibility index (Phi) is 5.75. The lowest BCUT2D eigenvalue weighted by Crippen LogP contribution is -2.59. The Hall–Kier alpha value is -2.71. The minimum Gasteiger partial charge on any atom is -0.377 e. The number of benzene rings is 1. The van der Waals surface area contributed by atoms with Crippen LogP contribution in [0.25, 0.3) is 6.08 Å². The first kappa shape index (κ1) is 22.0. The minimum atomic E-state index is -4.10. The lowest BCUT2D eigenvalue weighted by atomic mass is 10.0. The van der Waals surface area contributed by atoms with E-state index in [0.29, 0.717) is 0 Å². The smallest absolute Gasteiger partial charge is 0.273 e. The summed E-state index contributed by atoms with van der Waals surface area (Å²) in [6, 6.07) is 5.15. The lowest BCUT2D eigenvalue weighted by molar-refractivity contribution is -0.0523. The van der Waals surface area contributed by atoms with E-state index in [1.165, 1.54) is 23.8 Å². The number of nitrogens with one attached hydrogen (secondary N) is 2. The highest BCUT2D eigenvalue weighted by molar-refractivity contribution is 7.89. The Morgan fingerprint density at radius 1 is 1.47 bits per heavy atom. The van der Waals surface area contributed by atoms with Gasteiger partial charge >= 0.3 is 0 Å². The third-order valence-corrected chi connectivity index (χ3v) is 6.77. The first-order chi connectivity index (χ1) is 14.0. The molecule has 1 fully saturated rings. The molecule has 0 saturated carbocycles. The number of halogens is 2. The minimum absolute atomic E-state index is 0.123. The van der Waals surface area contributed by atoms with Crippen LogP contribution in [0.1, 0.15) is 28.7 Å². The summed E-state index contributed by atoms with van der Waals surface area (Å²) in [5, 5.41) is 11.1. The number of aromatic nitrogens is 1. The van der Waals surface area contributed by atoms with Crippen molar-refractivity contribution >= 4 is 39.3 Å². The standard InChI is InChI=1S/C19H18ClFN4O4S/c1-4-14-17(30(27,28)24-19(2)9-29-10-19)15(20)16(25(14)3)18(26)23-12-5-6-13(21)11(7-12)8-22/h4-7,24H,1,9-10H2,2-3H3,(H,23,26). The van der Waals surface area contributed by atoms with Gasteiger partial charge in [-0.25, -0.2) is 17.5 Å². The van der Waals surface area contributed by atoms with Crippen molar-refractivity contribution in [2.24, 2.45) is 7.05 Å².